The molecule has 0 saturated heterocycles. The second-order valence-corrected chi connectivity index (χ2v) is 6.67. The first-order chi connectivity index (χ1) is 14.1. The van der Waals surface area contributed by atoms with Crippen LogP contribution in [0.3, 0.4) is 0 Å². The zero-order valence-electron chi connectivity index (χ0n) is 16.9. The molecular weight excluding hydrogens is 368 g/mol. The molecule has 0 radical (unpaired) electrons. The highest BCUT2D eigenvalue weighted by Crippen LogP contribution is 2.22. The lowest BCUT2D eigenvalue weighted by molar-refractivity contribution is 0.234. The molecule has 2 N–H and O–H groups in total. The van der Waals surface area contributed by atoms with Crippen LogP contribution in [-0.4, -0.2) is 35.8 Å². The Labute approximate surface area is 170 Å². The van der Waals surface area contributed by atoms with Gasteiger partial charge in [0.2, 0.25) is 0 Å². The average molecular weight is 394 g/mol. The highest BCUT2D eigenvalue weighted by molar-refractivity contribution is 5.74. The zero-order valence-corrected chi connectivity index (χ0v) is 16.9. The van der Waals surface area contributed by atoms with Crippen LogP contribution in [0.4, 0.5) is 4.79 Å². The number of nitrogens with one attached hydrogen (secondary N) is 2. The van der Waals surface area contributed by atoms with Crippen LogP contribution in [0, 0.1) is 6.92 Å². The van der Waals surface area contributed by atoms with E-state index in [0.29, 0.717) is 13.2 Å². The summed E-state index contributed by atoms with van der Waals surface area (Å²) in [4.78, 5) is 16.9. The molecule has 7 heteroatoms. The van der Waals surface area contributed by atoms with Crippen molar-refractivity contribution in [2.75, 3.05) is 20.3 Å². The number of carbonyl (C=O) groups excluding carboxylic acids is 1. The number of nitrogens with zero attached hydrogens (tertiary/aromatic N) is 2. The van der Waals surface area contributed by atoms with E-state index in [1.807, 2.05) is 73.3 Å². The smallest absolute Gasteiger partial charge is 0.315 e. The Morgan fingerprint density at radius 2 is 1.97 bits per heavy atom. The summed E-state index contributed by atoms with van der Waals surface area (Å²) in [7, 11) is 3.52. The Kier molecular flexibility index (Phi) is 6.73. The summed E-state index contributed by atoms with van der Waals surface area (Å²) in [6.07, 6.45) is 3.56. The van der Waals surface area contributed by atoms with E-state index < -0.39 is 6.04 Å². The van der Waals surface area contributed by atoms with Crippen molar-refractivity contribution >= 4 is 6.03 Å². The number of rotatable bonds is 8. The van der Waals surface area contributed by atoms with Crippen LogP contribution in [0.15, 0.2) is 60.9 Å². The summed E-state index contributed by atoms with van der Waals surface area (Å²) in [5.41, 5.74) is 2.04. The average Bonchev–Trinajstić information content (AvgIpc) is 3.15. The summed E-state index contributed by atoms with van der Waals surface area (Å²) >= 11 is 0. The molecule has 3 rings (SSSR count). The van der Waals surface area contributed by atoms with E-state index in [1.54, 1.807) is 13.3 Å². The Morgan fingerprint density at radius 3 is 2.62 bits per heavy atom. The highest BCUT2D eigenvalue weighted by Gasteiger charge is 2.20. The van der Waals surface area contributed by atoms with E-state index >= 15 is 0 Å². The fourth-order valence-electron chi connectivity index (χ4n) is 2.97. The van der Waals surface area contributed by atoms with Gasteiger partial charge in [-0.1, -0.05) is 24.3 Å². The highest BCUT2D eigenvalue weighted by atomic mass is 16.5. The lowest BCUT2D eigenvalue weighted by Gasteiger charge is -2.20. The lowest BCUT2D eigenvalue weighted by atomic mass is 10.1. The maximum absolute atomic E-state index is 12.5. The predicted molar refractivity (Wildman–Crippen MR) is 111 cm³/mol. The van der Waals surface area contributed by atoms with Crippen molar-refractivity contribution in [1.29, 1.82) is 0 Å². The van der Waals surface area contributed by atoms with Crippen molar-refractivity contribution in [2.24, 2.45) is 7.05 Å². The largest absolute Gasteiger partial charge is 0.497 e. The molecular formula is C22H26N4O3. The first kappa shape index (κ1) is 20.3. The molecule has 0 aliphatic rings. The number of aromatic nitrogens is 2. The van der Waals surface area contributed by atoms with E-state index in [2.05, 4.69) is 15.6 Å². The maximum atomic E-state index is 12.5. The van der Waals surface area contributed by atoms with Gasteiger partial charge in [0.15, 0.2) is 0 Å². The molecule has 1 heterocycles. The molecule has 3 aromatic rings. The molecule has 29 heavy (non-hydrogen) atoms. The molecule has 7 nitrogen and oxygen atoms in total. The number of aryl methyl sites for hydroxylation is 2. The monoisotopic (exact) mass is 394 g/mol. The molecule has 2 amide bonds. The van der Waals surface area contributed by atoms with E-state index in [4.69, 9.17) is 9.47 Å². The first-order valence-corrected chi connectivity index (χ1v) is 9.42. The van der Waals surface area contributed by atoms with Gasteiger partial charge in [0.25, 0.3) is 0 Å². The Hall–Kier alpha value is -3.48. The standard InChI is InChI=1S/C22H26N4O3/c1-16-5-4-6-19(15-16)29-14-12-24-22(27)25-20(21-23-11-13-26(21)2)17-7-9-18(28-3)10-8-17/h4-11,13,15,20H,12,14H2,1-3H3,(H2,24,25,27). The minimum absolute atomic E-state index is 0.290. The van der Waals surface area contributed by atoms with Gasteiger partial charge in [-0.15, -0.1) is 0 Å². The van der Waals surface area contributed by atoms with Crippen LogP contribution in [0.25, 0.3) is 0 Å². The lowest BCUT2D eigenvalue weighted by Crippen LogP contribution is -2.40. The second-order valence-electron chi connectivity index (χ2n) is 6.67. The summed E-state index contributed by atoms with van der Waals surface area (Å²) < 4.78 is 12.8. The number of hydrogen-bond acceptors (Lipinski definition) is 4. The van der Waals surface area contributed by atoms with Gasteiger partial charge in [0.05, 0.1) is 13.7 Å². The number of carbonyl (C=O) groups is 1. The second kappa shape index (κ2) is 9.64. The van der Waals surface area contributed by atoms with Gasteiger partial charge in [0, 0.05) is 19.4 Å². The van der Waals surface area contributed by atoms with E-state index in [1.165, 1.54) is 0 Å². The normalized spacial score (nSPS) is 11.6. The molecule has 1 unspecified atom stereocenters. The van der Waals surface area contributed by atoms with Crippen LogP contribution < -0.4 is 20.1 Å². The van der Waals surface area contributed by atoms with Gasteiger partial charge in [-0.25, -0.2) is 9.78 Å². The minimum Gasteiger partial charge on any atom is -0.497 e. The topological polar surface area (TPSA) is 77.4 Å². The molecule has 0 fully saturated rings. The number of methoxy groups -OCH3 is 1. The van der Waals surface area contributed by atoms with E-state index in [-0.39, 0.29) is 6.03 Å². The number of ether oxygens (including phenoxy) is 2. The van der Waals surface area contributed by atoms with Gasteiger partial charge >= 0.3 is 6.03 Å². The van der Waals surface area contributed by atoms with Crippen molar-refractivity contribution in [3.05, 3.63) is 77.9 Å². The van der Waals surface area contributed by atoms with Gasteiger partial charge in [-0.3, -0.25) is 0 Å². The van der Waals surface area contributed by atoms with Crippen molar-refractivity contribution in [3.63, 3.8) is 0 Å². The summed E-state index contributed by atoms with van der Waals surface area (Å²) in [5, 5.41) is 5.83. The van der Waals surface area contributed by atoms with Crippen LogP contribution in [0.1, 0.15) is 23.0 Å². The van der Waals surface area contributed by atoms with Gasteiger partial charge in [0.1, 0.15) is 30.0 Å². The van der Waals surface area contributed by atoms with Crippen LogP contribution in [0.2, 0.25) is 0 Å². The van der Waals surface area contributed by atoms with Crippen LogP contribution >= 0.6 is 0 Å². The molecule has 0 saturated carbocycles. The number of benzene rings is 2. The van der Waals surface area contributed by atoms with E-state index in [9.17, 15) is 4.79 Å². The van der Waals surface area contributed by atoms with Crippen molar-refractivity contribution in [2.45, 2.75) is 13.0 Å². The molecule has 0 aliphatic heterocycles. The molecule has 1 atom stereocenters. The molecule has 1 aromatic heterocycles. The maximum Gasteiger partial charge on any atom is 0.315 e. The van der Waals surface area contributed by atoms with Crippen LogP contribution in [0.5, 0.6) is 11.5 Å². The summed E-state index contributed by atoms with van der Waals surface area (Å²) in [6, 6.07) is 14.7. The Bertz CT molecular complexity index is 937. The molecule has 152 valence electrons. The predicted octanol–water partition coefficient (Wildman–Crippen LogP) is 3.20. The van der Waals surface area contributed by atoms with E-state index in [0.717, 1.165) is 28.5 Å². The molecule has 0 aliphatic carbocycles. The summed E-state index contributed by atoms with van der Waals surface area (Å²) in [5.74, 6) is 2.28. The number of amides is 2. The third-order valence-corrected chi connectivity index (χ3v) is 4.49. The van der Waals surface area contributed by atoms with Crippen LogP contribution in [-0.2, 0) is 7.05 Å². The van der Waals surface area contributed by atoms with Gasteiger partial charge in [-0.2, -0.15) is 0 Å². The fourth-order valence-corrected chi connectivity index (χ4v) is 2.97. The minimum atomic E-state index is -0.390. The Balaban J connectivity index is 1.59. The van der Waals surface area contributed by atoms with Crippen molar-refractivity contribution in [3.8, 4) is 11.5 Å². The van der Waals surface area contributed by atoms with Crippen molar-refractivity contribution in [1.82, 2.24) is 20.2 Å². The zero-order chi connectivity index (χ0) is 20.6. The third-order valence-electron chi connectivity index (χ3n) is 4.49. The number of urea groups is 1. The van der Waals surface area contributed by atoms with Crippen molar-refractivity contribution < 1.29 is 14.3 Å². The molecule has 2 aromatic carbocycles. The first-order valence-electron chi connectivity index (χ1n) is 9.42. The number of hydrogen-bond donors (Lipinski definition) is 2. The Morgan fingerprint density at radius 1 is 1.17 bits per heavy atom. The summed E-state index contributed by atoms with van der Waals surface area (Å²) in [6.45, 7) is 2.78. The molecule has 0 spiro atoms. The SMILES string of the molecule is COc1ccc(C(NC(=O)NCCOc2cccc(C)c2)c2nccn2C)cc1. The van der Waals surface area contributed by atoms with Gasteiger partial charge < -0.3 is 24.7 Å². The van der Waals surface area contributed by atoms with Gasteiger partial charge in [-0.05, 0) is 42.3 Å². The third kappa shape index (κ3) is 5.51. The fraction of sp³-hybridized carbons (Fsp3) is 0.273. The number of imidazole rings is 1. The molecule has 0 bridgehead atoms. The quantitative estimate of drug-likeness (QED) is 0.575.